The second kappa shape index (κ2) is 6.92. The van der Waals surface area contributed by atoms with E-state index in [1.807, 2.05) is 6.92 Å². The van der Waals surface area contributed by atoms with Gasteiger partial charge in [0.2, 0.25) is 0 Å². The monoisotopic (exact) mass is 352 g/mol. The molecule has 3 atom stereocenters. The van der Waals surface area contributed by atoms with Gasteiger partial charge in [-0.25, -0.2) is 4.79 Å². The number of thioether (sulfide) groups is 1. The molecular weight excluding hydrogens is 332 g/mol. The number of nitrogens with zero attached hydrogens (tertiary/aromatic N) is 1. The summed E-state index contributed by atoms with van der Waals surface area (Å²) < 4.78 is 0. The van der Waals surface area contributed by atoms with Crippen LogP contribution in [0, 0.1) is 0 Å². The summed E-state index contributed by atoms with van der Waals surface area (Å²) in [6, 6.07) is 5.38. The zero-order chi connectivity index (χ0) is 18.1. The van der Waals surface area contributed by atoms with E-state index in [1.165, 1.54) is 11.8 Å². The third-order valence-electron chi connectivity index (χ3n) is 4.08. The number of aliphatic carboxylic acids is 1. The summed E-state index contributed by atoms with van der Waals surface area (Å²) in [6.07, 6.45) is -0.0245. The van der Waals surface area contributed by atoms with Crippen LogP contribution in [0.1, 0.15) is 41.0 Å². The number of carbonyl (C=O) groups is 3. The van der Waals surface area contributed by atoms with Crippen molar-refractivity contribution in [3.8, 4) is 0 Å². The third kappa shape index (κ3) is 3.17. The van der Waals surface area contributed by atoms with Crippen LogP contribution in [0.5, 0.6) is 0 Å². The standard InChI is InChI=1S/C16H20N2O5S/c1-3-24-12(8-11(17)16(2,23)15(21)22)18-13(19)9-6-4-5-7-10(9)14(18)20/h4-7,11-12,23H,3,8,17H2,1-2H3,(H,21,22). The summed E-state index contributed by atoms with van der Waals surface area (Å²) in [4.78, 5) is 37.4. The summed E-state index contributed by atoms with van der Waals surface area (Å²) in [5.41, 5.74) is 4.35. The maximum atomic E-state index is 12.6. The van der Waals surface area contributed by atoms with Crippen LogP contribution in [0.2, 0.25) is 0 Å². The van der Waals surface area contributed by atoms with Gasteiger partial charge >= 0.3 is 5.97 Å². The molecule has 0 spiro atoms. The van der Waals surface area contributed by atoms with Crippen LogP contribution in [0.3, 0.4) is 0 Å². The molecule has 0 saturated heterocycles. The van der Waals surface area contributed by atoms with Gasteiger partial charge in [-0.15, -0.1) is 11.8 Å². The summed E-state index contributed by atoms with van der Waals surface area (Å²) >= 11 is 1.31. The zero-order valence-corrected chi connectivity index (χ0v) is 14.2. The number of fused-ring (bicyclic) bond motifs is 1. The maximum absolute atomic E-state index is 12.6. The van der Waals surface area contributed by atoms with Gasteiger partial charge in [-0.1, -0.05) is 19.1 Å². The normalized spacial score (nSPS) is 18.9. The Labute approximate surface area is 143 Å². The average Bonchev–Trinajstić information content (AvgIpc) is 2.78. The Morgan fingerprint density at radius 1 is 1.29 bits per heavy atom. The van der Waals surface area contributed by atoms with Crippen molar-refractivity contribution < 1.29 is 24.6 Å². The summed E-state index contributed by atoms with van der Waals surface area (Å²) in [7, 11) is 0. The van der Waals surface area contributed by atoms with Gasteiger partial charge in [0.25, 0.3) is 11.8 Å². The molecule has 0 aromatic heterocycles. The number of rotatable bonds is 7. The number of aliphatic hydroxyl groups is 1. The highest BCUT2D eigenvalue weighted by Crippen LogP contribution is 2.31. The van der Waals surface area contributed by atoms with Crippen molar-refractivity contribution in [3.63, 3.8) is 0 Å². The molecule has 1 aromatic carbocycles. The topological polar surface area (TPSA) is 121 Å². The second-order valence-corrected chi connectivity index (χ2v) is 7.19. The minimum absolute atomic E-state index is 0.0245. The quantitative estimate of drug-likeness (QED) is 0.624. The lowest BCUT2D eigenvalue weighted by Crippen LogP contribution is -2.54. The lowest BCUT2D eigenvalue weighted by molar-refractivity contribution is -0.158. The number of carboxylic acid groups (broad SMARTS) is 1. The van der Waals surface area contributed by atoms with Crippen LogP contribution in [0.15, 0.2) is 24.3 Å². The fourth-order valence-electron chi connectivity index (χ4n) is 2.52. The Kier molecular flexibility index (Phi) is 5.32. The highest BCUT2D eigenvalue weighted by molar-refractivity contribution is 7.99. The van der Waals surface area contributed by atoms with E-state index in [2.05, 4.69) is 0 Å². The smallest absolute Gasteiger partial charge is 0.337 e. The van der Waals surface area contributed by atoms with E-state index in [0.29, 0.717) is 16.9 Å². The Morgan fingerprint density at radius 2 is 1.79 bits per heavy atom. The van der Waals surface area contributed by atoms with Crippen molar-refractivity contribution >= 4 is 29.5 Å². The third-order valence-corrected chi connectivity index (χ3v) is 5.20. The van der Waals surface area contributed by atoms with E-state index in [1.54, 1.807) is 24.3 Å². The highest BCUT2D eigenvalue weighted by Gasteiger charge is 2.44. The SMILES string of the molecule is CCSC(CC(N)C(C)(O)C(=O)O)N1C(=O)c2ccccc2C1=O. The molecule has 0 bridgehead atoms. The van der Waals surface area contributed by atoms with Gasteiger partial charge in [-0.3, -0.25) is 14.5 Å². The molecule has 0 fully saturated rings. The minimum atomic E-state index is -2.15. The van der Waals surface area contributed by atoms with Gasteiger partial charge in [0, 0.05) is 6.04 Å². The summed E-state index contributed by atoms with van der Waals surface area (Å²) in [5, 5.41) is 18.4. The van der Waals surface area contributed by atoms with E-state index in [4.69, 9.17) is 10.8 Å². The lowest BCUT2D eigenvalue weighted by Gasteiger charge is -2.32. The molecule has 3 unspecified atom stereocenters. The molecule has 7 nitrogen and oxygen atoms in total. The minimum Gasteiger partial charge on any atom is -0.479 e. The van der Waals surface area contributed by atoms with E-state index in [0.717, 1.165) is 11.8 Å². The van der Waals surface area contributed by atoms with Crippen LogP contribution in [0.25, 0.3) is 0 Å². The number of hydrogen-bond donors (Lipinski definition) is 3. The number of carbonyl (C=O) groups excluding carboxylic acids is 2. The Morgan fingerprint density at radius 3 is 2.21 bits per heavy atom. The first-order valence-corrected chi connectivity index (χ1v) is 8.56. The molecule has 130 valence electrons. The first kappa shape index (κ1) is 18.4. The number of hydrogen-bond acceptors (Lipinski definition) is 6. The number of nitrogens with two attached hydrogens (primary N) is 1. The van der Waals surface area contributed by atoms with Crippen LogP contribution >= 0.6 is 11.8 Å². The molecule has 1 aliphatic heterocycles. The molecule has 1 aromatic rings. The highest BCUT2D eigenvalue weighted by atomic mass is 32.2. The van der Waals surface area contributed by atoms with Crippen molar-refractivity contribution in [2.24, 2.45) is 5.73 Å². The van der Waals surface area contributed by atoms with Crippen LogP contribution in [0.4, 0.5) is 0 Å². The number of imide groups is 1. The molecule has 8 heteroatoms. The zero-order valence-electron chi connectivity index (χ0n) is 13.4. The average molecular weight is 352 g/mol. The van der Waals surface area contributed by atoms with E-state index in [9.17, 15) is 19.5 Å². The maximum Gasteiger partial charge on any atom is 0.337 e. The second-order valence-electron chi connectivity index (χ2n) is 5.73. The van der Waals surface area contributed by atoms with Crippen molar-refractivity contribution in [2.75, 3.05) is 5.75 Å². The van der Waals surface area contributed by atoms with Gasteiger partial charge < -0.3 is 15.9 Å². The predicted molar refractivity (Wildman–Crippen MR) is 89.7 cm³/mol. The van der Waals surface area contributed by atoms with Crippen molar-refractivity contribution in [1.82, 2.24) is 4.90 Å². The molecule has 0 radical (unpaired) electrons. The molecule has 0 saturated carbocycles. The van der Waals surface area contributed by atoms with Gasteiger partial charge in [0.05, 0.1) is 16.5 Å². The molecule has 2 rings (SSSR count). The van der Waals surface area contributed by atoms with Gasteiger partial charge in [0.1, 0.15) is 0 Å². The largest absolute Gasteiger partial charge is 0.479 e. The van der Waals surface area contributed by atoms with Gasteiger partial charge in [-0.2, -0.15) is 0 Å². The number of amides is 2. The predicted octanol–water partition coefficient (Wildman–Crippen LogP) is 0.915. The van der Waals surface area contributed by atoms with Crippen LogP contribution in [-0.2, 0) is 4.79 Å². The fourth-order valence-corrected chi connectivity index (χ4v) is 3.58. The van der Waals surface area contributed by atoms with Gasteiger partial charge in [0.15, 0.2) is 5.60 Å². The van der Waals surface area contributed by atoms with Crippen molar-refractivity contribution in [3.05, 3.63) is 35.4 Å². The van der Waals surface area contributed by atoms with E-state index < -0.39 is 34.8 Å². The molecule has 4 N–H and O–H groups in total. The Bertz CT molecular complexity index is 641. The molecule has 0 aliphatic carbocycles. The Balaban J connectivity index is 2.28. The van der Waals surface area contributed by atoms with Crippen LogP contribution < -0.4 is 5.73 Å². The first-order valence-electron chi connectivity index (χ1n) is 7.51. The first-order chi connectivity index (χ1) is 11.2. The number of carboxylic acids is 1. The van der Waals surface area contributed by atoms with E-state index in [-0.39, 0.29) is 6.42 Å². The summed E-state index contributed by atoms with van der Waals surface area (Å²) in [5.74, 6) is -1.70. The summed E-state index contributed by atoms with van der Waals surface area (Å²) in [6.45, 7) is 2.97. The van der Waals surface area contributed by atoms with Crippen LogP contribution in [-0.4, -0.2) is 55.7 Å². The van der Waals surface area contributed by atoms with Gasteiger partial charge in [-0.05, 0) is 31.2 Å². The van der Waals surface area contributed by atoms with Crippen molar-refractivity contribution in [2.45, 2.75) is 37.3 Å². The van der Waals surface area contributed by atoms with Crippen molar-refractivity contribution in [1.29, 1.82) is 0 Å². The molecular formula is C16H20N2O5S. The molecule has 2 amide bonds. The Hall–Kier alpha value is -1.90. The lowest BCUT2D eigenvalue weighted by atomic mass is 9.94. The molecule has 1 aliphatic rings. The molecule has 24 heavy (non-hydrogen) atoms. The molecule has 1 heterocycles. The van der Waals surface area contributed by atoms with E-state index >= 15 is 0 Å². The number of benzene rings is 1. The fraction of sp³-hybridized carbons (Fsp3) is 0.438.